The molecule has 0 bridgehead atoms. The summed E-state index contributed by atoms with van der Waals surface area (Å²) in [5.74, 6) is 0.305. The first-order chi connectivity index (χ1) is 13.0. The Morgan fingerprint density at radius 3 is 2.54 bits per heavy atom. The fourth-order valence-corrected chi connectivity index (χ4v) is 4.29. The number of para-hydroxylation sites is 2. The number of benzene rings is 2. The molecule has 152 valence electrons. The monoisotopic (exact) mass is 425 g/mol. The topological polar surface area (TPSA) is 102 Å². The number of sulfonamides is 1. The molecule has 1 atom stereocenters. The van der Waals surface area contributed by atoms with Crippen molar-refractivity contribution in [3.05, 3.63) is 54.1 Å². The molecule has 0 saturated carbocycles. The zero-order valence-corrected chi connectivity index (χ0v) is 17.1. The number of methoxy groups -OCH3 is 1. The first kappa shape index (κ1) is 22.0. The molecule has 28 heavy (non-hydrogen) atoms. The van der Waals surface area contributed by atoms with Crippen molar-refractivity contribution in [1.82, 2.24) is 4.90 Å². The number of nitrogens with two attached hydrogens (primary N) is 1. The normalized spacial score (nSPS) is 16.4. The van der Waals surface area contributed by atoms with Gasteiger partial charge < -0.3 is 15.4 Å². The molecule has 1 amide bonds. The van der Waals surface area contributed by atoms with Gasteiger partial charge >= 0.3 is 0 Å². The Bertz CT molecular complexity index is 919. The molecule has 1 heterocycles. The van der Waals surface area contributed by atoms with Crippen LogP contribution in [-0.4, -0.2) is 45.5 Å². The Kier molecular flexibility index (Phi) is 7.29. The average Bonchev–Trinajstić information content (AvgIpc) is 3.16. The molecule has 1 saturated heterocycles. The van der Waals surface area contributed by atoms with E-state index < -0.39 is 10.0 Å². The van der Waals surface area contributed by atoms with Gasteiger partial charge in [-0.1, -0.05) is 12.1 Å². The molecular formula is C19H24ClN3O4S. The number of rotatable bonds is 6. The molecule has 0 aliphatic carbocycles. The average molecular weight is 426 g/mol. The molecule has 7 nitrogen and oxygen atoms in total. The van der Waals surface area contributed by atoms with Crippen LogP contribution in [0.4, 0.5) is 5.69 Å². The number of nitrogens with zero attached hydrogens (tertiary/aromatic N) is 1. The Morgan fingerprint density at radius 1 is 1.21 bits per heavy atom. The summed E-state index contributed by atoms with van der Waals surface area (Å²) in [4.78, 5) is 14.5. The van der Waals surface area contributed by atoms with Gasteiger partial charge in [0.25, 0.3) is 15.9 Å². The molecule has 0 aromatic heterocycles. The van der Waals surface area contributed by atoms with Crippen molar-refractivity contribution in [2.24, 2.45) is 5.73 Å². The van der Waals surface area contributed by atoms with Gasteiger partial charge in [-0.25, -0.2) is 8.42 Å². The van der Waals surface area contributed by atoms with Crippen LogP contribution in [0.1, 0.15) is 23.2 Å². The predicted molar refractivity (Wildman–Crippen MR) is 111 cm³/mol. The maximum Gasteiger partial charge on any atom is 0.262 e. The third kappa shape index (κ3) is 4.57. The summed E-state index contributed by atoms with van der Waals surface area (Å²) in [6.45, 7) is 1.11. The molecular weight excluding hydrogens is 402 g/mol. The van der Waals surface area contributed by atoms with Crippen molar-refractivity contribution in [2.75, 3.05) is 24.9 Å². The van der Waals surface area contributed by atoms with Crippen LogP contribution in [0.5, 0.6) is 5.75 Å². The van der Waals surface area contributed by atoms with Gasteiger partial charge in [0.1, 0.15) is 5.75 Å². The van der Waals surface area contributed by atoms with E-state index in [-0.39, 0.29) is 29.3 Å². The van der Waals surface area contributed by atoms with Crippen molar-refractivity contribution in [3.8, 4) is 5.75 Å². The van der Waals surface area contributed by atoms with E-state index in [9.17, 15) is 13.2 Å². The number of likely N-dealkylation sites (tertiary alicyclic amines) is 1. The molecule has 1 aliphatic heterocycles. The lowest BCUT2D eigenvalue weighted by molar-refractivity contribution is 0.0741. The number of nitrogens with one attached hydrogen (secondary N) is 1. The Labute approximate surface area is 171 Å². The Balaban J connectivity index is 0.00000280. The molecule has 9 heteroatoms. The Morgan fingerprint density at radius 2 is 1.89 bits per heavy atom. The summed E-state index contributed by atoms with van der Waals surface area (Å²) in [5, 5.41) is 0. The van der Waals surface area contributed by atoms with Crippen molar-refractivity contribution in [2.45, 2.75) is 23.8 Å². The molecule has 0 radical (unpaired) electrons. The van der Waals surface area contributed by atoms with Gasteiger partial charge in [-0.05, 0) is 49.2 Å². The van der Waals surface area contributed by atoms with E-state index in [2.05, 4.69) is 4.72 Å². The molecule has 1 fully saturated rings. The van der Waals surface area contributed by atoms with Crippen LogP contribution in [-0.2, 0) is 10.0 Å². The highest BCUT2D eigenvalue weighted by Crippen LogP contribution is 2.26. The van der Waals surface area contributed by atoms with E-state index in [1.165, 1.54) is 31.4 Å². The molecule has 3 N–H and O–H groups in total. The zero-order chi connectivity index (χ0) is 19.4. The van der Waals surface area contributed by atoms with Crippen molar-refractivity contribution < 1.29 is 17.9 Å². The van der Waals surface area contributed by atoms with Crippen LogP contribution in [0.3, 0.4) is 0 Å². The molecule has 0 spiro atoms. The fraction of sp³-hybridized carbons (Fsp3) is 0.316. The summed E-state index contributed by atoms with van der Waals surface area (Å²) in [6, 6.07) is 12.7. The van der Waals surface area contributed by atoms with E-state index in [1.807, 2.05) is 0 Å². The zero-order valence-electron chi connectivity index (χ0n) is 15.5. The maximum absolute atomic E-state index is 12.6. The fourth-order valence-electron chi connectivity index (χ4n) is 3.22. The van der Waals surface area contributed by atoms with Gasteiger partial charge in [-0.15, -0.1) is 12.4 Å². The largest absolute Gasteiger partial charge is 0.495 e. The lowest BCUT2D eigenvalue weighted by Gasteiger charge is -2.23. The van der Waals surface area contributed by atoms with Crippen LogP contribution >= 0.6 is 12.4 Å². The number of hydrogen-bond donors (Lipinski definition) is 2. The first-order valence-corrected chi connectivity index (χ1v) is 10.2. The number of hydrogen-bond acceptors (Lipinski definition) is 5. The second-order valence-corrected chi connectivity index (χ2v) is 8.04. The maximum atomic E-state index is 12.6. The lowest BCUT2D eigenvalue weighted by Crippen LogP contribution is -2.39. The highest BCUT2D eigenvalue weighted by Gasteiger charge is 2.28. The number of amides is 1. The molecule has 2 aromatic carbocycles. The minimum atomic E-state index is -3.80. The van der Waals surface area contributed by atoms with Gasteiger partial charge in [0, 0.05) is 24.7 Å². The van der Waals surface area contributed by atoms with E-state index >= 15 is 0 Å². The highest BCUT2D eigenvalue weighted by atomic mass is 35.5. The number of carbonyl (C=O) groups excluding carboxylic acids is 1. The van der Waals surface area contributed by atoms with Crippen LogP contribution in [0.2, 0.25) is 0 Å². The van der Waals surface area contributed by atoms with Gasteiger partial charge in [-0.3, -0.25) is 9.52 Å². The summed E-state index contributed by atoms with van der Waals surface area (Å²) in [7, 11) is -2.33. The van der Waals surface area contributed by atoms with Crippen molar-refractivity contribution in [1.29, 1.82) is 0 Å². The van der Waals surface area contributed by atoms with Gasteiger partial charge in [0.05, 0.1) is 17.7 Å². The third-order valence-corrected chi connectivity index (χ3v) is 6.05. The van der Waals surface area contributed by atoms with Crippen molar-refractivity contribution in [3.63, 3.8) is 0 Å². The number of ether oxygens (including phenoxy) is 1. The van der Waals surface area contributed by atoms with Gasteiger partial charge in [0.2, 0.25) is 0 Å². The predicted octanol–water partition coefficient (Wildman–Crippen LogP) is 2.48. The van der Waals surface area contributed by atoms with Crippen molar-refractivity contribution >= 4 is 34.0 Å². The van der Waals surface area contributed by atoms with Crippen LogP contribution in [0.15, 0.2) is 53.4 Å². The summed E-state index contributed by atoms with van der Waals surface area (Å²) < 4.78 is 32.9. The number of halogens is 1. The summed E-state index contributed by atoms with van der Waals surface area (Å²) in [5.41, 5.74) is 6.53. The minimum Gasteiger partial charge on any atom is -0.495 e. The smallest absolute Gasteiger partial charge is 0.262 e. The molecule has 3 rings (SSSR count). The number of anilines is 1. The summed E-state index contributed by atoms with van der Waals surface area (Å²) >= 11 is 0. The lowest BCUT2D eigenvalue weighted by atomic mass is 10.1. The van der Waals surface area contributed by atoms with Gasteiger partial charge in [0.15, 0.2) is 0 Å². The van der Waals surface area contributed by atoms with E-state index in [1.54, 1.807) is 29.2 Å². The second kappa shape index (κ2) is 9.27. The Hall–Kier alpha value is -2.29. The SMILES string of the molecule is COc1ccccc1NS(=O)(=O)c1ccc(C(=O)N2CCCC2CN)cc1.Cl. The first-order valence-electron chi connectivity index (χ1n) is 8.73. The molecule has 2 aromatic rings. The molecule has 1 aliphatic rings. The van der Waals surface area contributed by atoms with Crippen LogP contribution in [0, 0.1) is 0 Å². The van der Waals surface area contributed by atoms with Gasteiger partial charge in [-0.2, -0.15) is 0 Å². The number of carbonyl (C=O) groups is 1. The quantitative estimate of drug-likeness (QED) is 0.740. The third-order valence-electron chi connectivity index (χ3n) is 4.67. The summed E-state index contributed by atoms with van der Waals surface area (Å²) in [6.07, 6.45) is 1.83. The minimum absolute atomic E-state index is 0. The highest BCUT2D eigenvalue weighted by molar-refractivity contribution is 7.92. The van der Waals surface area contributed by atoms with Crippen LogP contribution in [0.25, 0.3) is 0 Å². The van der Waals surface area contributed by atoms with E-state index in [0.29, 0.717) is 30.1 Å². The second-order valence-electron chi connectivity index (χ2n) is 6.36. The van der Waals surface area contributed by atoms with E-state index in [0.717, 1.165) is 12.8 Å². The van der Waals surface area contributed by atoms with Crippen LogP contribution < -0.4 is 15.2 Å². The molecule has 1 unspecified atom stereocenters. The standard InChI is InChI=1S/C19H23N3O4S.ClH/c1-26-18-7-3-2-6-17(18)21-27(24,25)16-10-8-14(9-11-16)19(23)22-12-4-5-15(22)13-20;/h2-3,6-11,15,21H,4-5,12-13,20H2,1H3;1H. The van der Waals surface area contributed by atoms with E-state index in [4.69, 9.17) is 10.5 Å².